The summed E-state index contributed by atoms with van der Waals surface area (Å²) in [5.41, 5.74) is 1.61. The third kappa shape index (κ3) is 6.46. The molecule has 1 fully saturated rings. The molecule has 0 saturated heterocycles. The van der Waals surface area contributed by atoms with E-state index in [4.69, 9.17) is 9.47 Å². The number of aryl methyl sites for hydroxylation is 1. The van der Waals surface area contributed by atoms with Crippen molar-refractivity contribution in [1.29, 1.82) is 0 Å². The van der Waals surface area contributed by atoms with Crippen LogP contribution in [0.2, 0.25) is 0 Å². The maximum atomic E-state index is 12.7. The first-order valence-corrected chi connectivity index (χ1v) is 12.5. The van der Waals surface area contributed by atoms with Crippen LogP contribution < -0.4 is 19.5 Å². The molecule has 32 heavy (non-hydrogen) atoms. The van der Waals surface area contributed by atoms with Gasteiger partial charge in [0, 0.05) is 6.04 Å². The van der Waals surface area contributed by atoms with Gasteiger partial charge in [-0.05, 0) is 68.1 Å². The second-order valence-corrected chi connectivity index (χ2v) is 9.95. The lowest BCUT2D eigenvalue weighted by molar-refractivity contribution is -0.123. The Kier molecular flexibility index (Phi) is 8.15. The van der Waals surface area contributed by atoms with E-state index in [-0.39, 0.29) is 29.5 Å². The smallest absolute Gasteiger partial charge is 0.258 e. The van der Waals surface area contributed by atoms with Crippen molar-refractivity contribution in [3.05, 3.63) is 53.6 Å². The highest BCUT2D eigenvalue weighted by molar-refractivity contribution is 7.89. The van der Waals surface area contributed by atoms with Gasteiger partial charge in [-0.15, -0.1) is 0 Å². The molecule has 0 radical (unpaired) electrons. The molecule has 0 bridgehead atoms. The monoisotopic (exact) mass is 460 g/mol. The standard InChI is InChI=1S/C24H32N2O5S/c1-17-15-22(32(28,29)26-20-7-5-4-6-8-20)13-14-23(17)31-16-24(27)25-18(2)19-9-11-21(30-3)12-10-19/h9-15,18,20,26H,4-8,16H2,1-3H3,(H,25,27)/t18-/m0/s1. The molecule has 174 valence electrons. The van der Waals surface area contributed by atoms with Crippen LogP contribution in [-0.2, 0) is 14.8 Å². The molecule has 1 aliphatic rings. The highest BCUT2D eigenvalue weighted by Gasteiger charge is 2.22. The quantitative estimate of drug-likeness (QED) is 0.593. The van der Waals surface area contributed by atoms with E-state index in [9.17, 15) is 13.2 Å². The van der Waals surface area contributed by atoms with E-state index in [0.717, 1.165) is 43.4 Å². The van der Waals surface area contributed by atoms with Crippen LogP contribution >= 0.6 is 0 Å². The second kappa shape index (κ2) is 10.8. The van der Waals surface area contributed by atoms with Crippen molar-refractivity contribution in [1.82, 2.24) is 10.0 Å². The minimum atomic E-state index is -3.58. The molecule has 0 aliphatic heterocycles. The number of carbonyl (C=O) groups is 1. The van der Waals surface area contributed by atoms with Gasteiger partial charge < -0.3 is 14.8 Å². The van der Waals surface area contributed by atoms with Crippen LogP contribution in [0, 0.1) is 6.92 Å². The Hall–Kier alpha value is -2.58. The molecule has 2 aromatic carbocycles. The highest BCUT2D eigenvalue weighted by Crippen LogP contribution is 2.24. The van der Waals surface area contributed by atoms with E-state index in [1.165, 1.54) is 6.07 Å². The number of hydrogen-bond acceptors (Lipinski definition) is 5. The Morgan fingerprint density at radius 1 is 1.09 bits per heavy atom. The van der Waals surface area contributed by atoms with Crippen molar-refractivity contribution < 1.29 is 22.7 Å². The zero-order valence-corrected chi connectivity index (χ0v) is 19.7. The van der Waals surface area contributed by atoms with Gasteiger partial charge >= 0.3 is 0 Å². The summed E-state index contributed by atoms with van der Waals surface area (Å²) in [4.78, 5) is 12.5. The van der Waals surface area contributed by atoms with Gasteiger partial charge in [-0.3, -0.25) is 4.79 Å². The molecule has 8 heteroatoms. The average Bonchev–Trinajstić information content (AvgIpc) is 2.78. The molecule has 2 aromatic rings. The van der Waals surface area contributed by atoms with Gasteiger partial charge in [0.15, 0.2) is 6.61 Å². The highest BCUT2D eigenvalue weighted by atomic mass is 32.2. The molecule has 1 aliphatic carbocycles. The Balaban J connectivity index is 1.55. The summed E-state index contributed by atoms with van der Waals surface area (Å²) in [6.07, 6.45) is 5.03. The van der Waals surface area contributed by atoms with E-state index in [0.29, 0.717) is 11.3 Å². The van der Waals surface area contributed by atoms with Crippen molar-refractivity contribution in [3.8, 4) is 11.5 Å². The predicted molar refractivity (Wildman–Crippen MR) is 123 cm³/mol. The SMILES string of the molecule is COc1ccc([C@H](C)NC(=O)COc2ccc(S(=O)(=O)NC3CCCCC3)cc2C)cc1. The maximum absolute atomic E-state index is 12.7. The summed E-state index contributed by atoms with van der Waals surface area (Å²) in [7, 11) is -1.97. The fourth-order valence-electron chi connectivity index (χ4n) is 3.86. The molecule has 1 atom stereocenters. The fourth-order valence-corrected chi connectivity index (χ4v) is 5.25. The van der Waals surface area contributed by atoms with E-state index < -0.39 is 10.0 Å². The molecule has 7 nitrogen and oxygen atoms in total. The largest absolute Gasteiger partial charge is 0.497 e. The number of amides is 1. The lowest BCUT2D eigenvalue weighted by atomic mass is 9.96. The molecule has 1 amide bonds. The molecule has 3 rings (SSSR count). The summed E-state index contributed by atoms with van der Waals surface area (Å²) in [6, 6.07) is 12.0. The van der Waals surface area contributed by atoms with Gasteiger partial charge in [0.05, 0.1) is 18.0 Å². The van der Waals surface area contributed by atoms with Crippen molar-refractivity contribution >= 4 is 15.9 Å². The third-order valence-electron chi connectivity index (χ3n) is 5.74. The van der Waals surface area contributed by atoms with Crippen molar-refractivity contribution in [2.75, 3.05) is 13.7 Å². The van der Waals surface area contributed by atoms with Crippen LogP contribution in [0.4, 0.5) is 0 Å². The van der Waals surface area contributed by atoms with E-state index in [1.807, 2.05) is 31.2 Å². The van der Waals surface area contributed by atoms with Crippen LogP contribution in [0.1, 0.15) is 56.2 Å². The lowest BCUT2D eigenvalue weighted by Gasteiger charge is -2.22. The molecule has 0 heterocycles. The molecule has 0 unspecified atom stereocenters. The van der Waals surface area contributed by atoms with Crippen molar-refractivity contribution in [3.63, 3.8) is 0 Å². The predicted octanol–water partition coefficient (Wildman–Crippen LogP) is 3.87. The third-order valence-corrected chi connectivity index (χ3v) is 7.25. The van der Waals surface area contributed by atoms with E-state index in [2.05, 4.69) is 10.0 Å². The molecule has 0 spiro atoms. The molecule has 0 aromatic heterocycles. The van der Waals surface area contributed by atoms with Crippen LogP contribution in [0.3, 0.4) is 0 Å². The number of nitrogens with one attached hydrogen (secondary N) is 2. The minimum absolute atomic E-state index is 0.00127. The summed E-state index contributed by atoms with van der Waals surface area (Å²) < 4.78 is 39.0. The van der Waals surface area contributed by atoms with Crippen molar-refractivity contribution in [2.24, 2.45) is 0 Å². The second-order valence-electron chi connectivity index (χ2n) is 8.23. The van der Waals surface area contributed by atoms with E-state index in [1.54, 1.807) is 26.2 Å². The number of methoxy groups -OCH3 is 1. The summed E-state index contributed by atoms with van der Waals surface area (Å²) in [5, 5.41) is 2.89. The van der Waals surface area contributed by atoms with E-state index >= 15 is 0 Å². The molecule has 1 saturated carbocycles. The van der Waals surface area contributed by atoms with Gasteiger partial charge in [0.1, 0.15) is 11.5 Å². The first-order chi connectivity index (χ1) is 15.3. The Morgan fingerprint density at radius 3 is 2.41 bits per heavy atom. The fraction of sp³-hybridized carbons (Fsp3) is 0.458. The summed E-state index contributed by atoms with van der Waals surface area (Å²) >= 11 is 0. The lowest BCUT2D eigenvalue weighted by Crippen LogP contribution is -2.36. The number of benzene rings is 2. The Labute approximate surface area is 190 Å². The van der Waals surface area contributed by atoms with Crippen LogP contribution in [0.15, 0.2) is 47.4 Å². The summed E-state index contributed by atoms with van der Waals surface area (Å²) in [6.45, 7) is 3.50. The van der Waals surface area contributed by atoms with Gasteiger partial charge in [0.25, 0.3) is 5.91 Å². The zero-order valence-electron chi connectivity index (χ0n) is 18.9. The van der Waals surface area contributed by atoms with Crippen LogP contribution in [0.25, 0.3) is 0 Å². The topological polar surface area (TPSA) is 93.7 Å². The van der Waals surface area contributed by atoms with Crippen LogP contribution in [0.5, 0.6) is 11.5 Å². The van der Waals surface area contributed by atoms with Crippen molar-refractivity contribution in [2.45, 2.75) is 62.9 Å². The number of ether oxygens (including phenoxy) is 2. The molecule has 2 N–H and O–H groups in total. The number of hydrogen-bond donors (Lipinski definition) is 2. The number of sulfonamides is 1. The Bertz CT molecular complexity index is 1020. The minimum Gasteiger partial charge on any atom is -0.497 e. The molecular weight excluding hydrogens is 428 g/mol. The Morgan fingerprint density at radius 2 is 1.78 bits per heavy atom. The van der Waals surface area contributed by atoms with Gasteiger partial charge in [0.2, 0.25) is 10.0 Å². The van der Waals surface area contributed by atoms with Crippen LogP contribution in [-0.4, -0.2) is 34.1 Å². The van der Waals surface area contributed by atoms with Gasteiger partial charge in [-0.2, -0.15) is 0 Å². The average molecular weight is 461 g/mol. The van der Waals surface area contributed by atoms with Gasteiger partial charge in [-0.1, -0.05) is 31.4 Å². The maximum Gasteiger partial charge on any atom is 0.258 e. The first-order valence-electron chi connectivity index (χ1n) is 11.0. The van der Waals surface area contributed by atoms with Gasteiger partial charge in [-0.25, -0.2) is 13.1 Å². The molecular formula is C24H32N2O5S. The summed E-state index contributed by atoms with van der Waals surface area (Å²) in [5.74, 6) is 0.975. The normalized spacial score (nSPS) is 15.7. The first kappa shape index (κ1) is 24.1. The zero-order chi connectivity index (χ0) is 23.1. The number of rotatable bonds is 9. The number of carbonyl (C=O) groups excluding carboxylic acids is 1.